The van der Waals surface area contributed by atoms with Crippen molar-refractivity contribution in [2.75, 3.05) is 5.32 Å². The summed E-state index contributed by atoms with van der Waals surface area (Å²) in [5, 5.41) is 2.82. The number of benzene rings is 1. The van der Waals surface area contributed by atoms with Crippen LogP contribution in [0.4, 0.5) is 5.69 Å². The highest BCUT2D eigenvalue weighted by molar-refractivity contribution is 9.10. The maximum absolute atomic E-state index is 4.54. The van der Waals surface area contributed by atoms with Crippen LogP contribution < -0.4 is 5.32 Å². The first-order valence-electron chi connectivity index (χ1n) is 3.13. The van der Waals surface area contributed by atoms with Gasteiger partial charge in [0.1, 0.15) is 5.49 Å². The third-order valence-electron chi connectivity index (χ3n) is 1.31. The van der Waals surface area contributed by atoms with Gasteiger partial charge in [0.2, 0.25) is 0 Å². The molecule has 0 amide bonds. The van der Waals surface area contributed by atoms with Crippen molar-refractivity contribution < 1.29 is 0 Å². The van der Waals surface area contributed by atoms with Gasteiger partial charge < -0.3 is 5.32 Å². The van der Waals surface area contributed by atoms with E-state index in [1.54, 1.807) is 0 Å². The molecule has 0 unspecified atom stereocenters. The summed E-state index contributed by atoms with van der Waals surface area (Å²) in [5.41, 5.74) is 4.61. The summed E-state index contributed by atoms with van der Waals surface area (Å²) in [7, 11) is 0. The summed E-state index contributed by atoms with van der Waals surface area (Å²) in [5.74, 6) is 0. The number of anilines is 1. The third-order valence-corrected chi connectivity index (χ3v) is 2.07. The summed E-state index contributed by atoms with van der Waals surface area (Å²) in [6, 6.07) is 5.99. The highest BCUT2D eigenvalue weighted by Gasteiger charge is 1.96. The Morgan fingerprint density at radius 2 is 2.27 bits per heavy atom. The van der Waals surface area contributed by atoms with Crippen molar-refractivity contribution >= 4 is 39.3 Å². The molecule has 0 saturated heterocycles. The van der Waals surface area contributed by atoms with E-state index in [-0.39, 0.29) is 0 Å². The lowest BCUT2D eigenvalue weighted by Crippen LogP contribution is -1.92. The molecule has 0 bridgehead atoms. The first kappa shape index (κ1) is 8.68. The fourth-order valence-corrected chi connectivity index (χ4v) is 1.48. The average molecular weight is 229 g/mol. The Morgan fingerprint density at radius 3 is 2.82 bits per heavy atom. The molecule has 1 aromatic carbocycles. The molecule has 3 heteroatoms. The van der Waals surface area contributed by atoms with E-state index in [2.05, 4.69) is 39.0 Å². The van der Waals surface area contributed by atoms with Crippen LogP contribution in [0, 0.1) is 6.92 Å². The van der Waals surface area contributed by atoms with Crippen molar-refractivity contribution in [2.45, 2.75) is 6.92 Å². The Morgan fingerprint density at radius 1 is 1.55 bits per heavy atom. The number of hydrogen-bond donors (Lipinski definition) is 1. The number of aryl methyl sites for hydroxylation is 1. The van der Waals surface area contributed by atoms with E-state index in [0.29, 0.717) is 0 Å². The van der Waals surface area contributed by atoms with Crippen LogP contribution in [0.1, 0.15) is 5.56 Å². The second-order valence-electron chi connectivity index (χ2n) is 2.21. The molecule has 1 rings (SSSR count). The highest BCUT2D eigenvalue weighted by Crippen LogP contribution is 2.22. The minimum absolute atomic E-state index is 0.950. The summed E-state index contributed by atoms with van der Waals surface area (Å²) < 4.78 is 1.01. The van der Waals surface area contributed by atoms with Gasteiger partial charge in [-0.2, -0.15) is 0 Å². The van der Waals surface area contributed by atoms with E-state index >= 15 is 0 Å². The average Bonchev–Trinajstić information content (AvgIpc) is 1.95. The van der Waals surface area contributed by atoms with Crippen LogP contribution in [-0.2, 0) is 0 Å². The fraction of sp³-hybridized carbons (Fsp3) is 0.125. The molecule has 11 heavy (non-hydrogen) atoms. The van der Waals surface area contributed by atoms with Gasteiger partial charge in [-0.1, -0.05) is 18.3 Å². The topological polar surface area (TPSA) is 12.0 Å². The van der Waals surface area contributed by atoms with Crippen LogP contribution in [-0.4, -0.2) is 5.49 Å². The van der Waals surface area contributed by atoms with Gasteiger partial charge >= 0.3 is 0 Å². The number of hydrogen-bond acceptors (Lipinski definition) is 1. The van der Waals surface area contributed by atoms with Crippen molar-refractivity contribution in [3.63, 3.8) is 0 Å². The largest absolute Gasteiger partial charge is 0.343 e. The lowest BCUT2D eigenvalue weighted by Gasteiger charge is -2.02. The normalized spacial score (nSPS) is 9.27. The molecular weight excluding hydrogens is 222 g/mol. The predicted molar refractivity (Wildman–Crippen MR) is 55.1 cm³/mol. The smallest absolute Gasteiger partial charge is 0.138 e. The first-order valence-corrected chi connectivity index (χ1v) is 4.33. The van der Waals surface area contributed by atoms with Crippen molar-refractivity contribution in [3.8, 4) is 0 Å². The fourth-order valence-electron chi connectivity index (χ4n) is 0.776. The Labute approximate surface area is 79.9 Å². The number of nitrogens with one attached hydrogen (secondary N) is 1. The van der Waals surface area contributed by atoms with Gasteiger partial charge in [0, 0.05) is 4.47 Å². The van der Waals surface area contributed by atoms with E-state index in [4.69, 9.17) is 0 Å². The molecule has 0 saturated carbocycles. The zero-order valence-electron chi connectivity index (χ0n) is 6.02. The van der Waals surface area contributed by atoms with E-state index in [1.165, 1.54) is 5.56 Å². The second-order valence-corrected chi connectivity index (χ2v) is 3.27. The minimum atomic E-state index is 0.950. The highest BCUT2D eigenvalue weighted by atomic mass is 79.9. The van der Waals surface area contributed by atoms with E-state index < -0.39 is 0 Å². The van der Waals surface area contributed by atoms with Gasteiger partial charge in [-0.15, -0.1) is 0 Å². The summed E-state index contributed by atoms with van der Waals surface area (Å²) in [6.07, 6.45) is 0. The maximum atomic E-state index is 4.54. The van der Waals surface area contributed by atoms with E-state index in [0.717, 1.165) is 10.2 Å². The second kappa shape index (κ2) is 3.83. The van der Waals surface area contributed by atoms with E-state index in [9.17, 15) is 0 Å². The maximum Gasteiger partial charge on any atom is 0.138 e. The molecule has 0 aliphatic heterocycles. The predicted octanol–water partition coefficient (Wildman–Crippen LogP) is 3.00. The SMILES string of the molecule is Cc1ccc(N[C]=S)c(Br)c1. The van der Waals surface area contributed by atoms with Crippen molar-refractivity contribution in [1.29, 1.82) is 0 Å². The number of thiocarbonyl (C=S) groups is 1. The van der Waals surface area contributed by atoms with E-state index in [1.807, 2.05) is 25.1 Å². The molecule has 57 valence electrons. The molecule has 1 aromatic rings. The molecule has 0 aliphatic carbocycles. The van der Waals surface area contributed by atoms with Gasteiger partial charge in [0.15, 0.2) is 0 Å². The van der Waals surface area contributed by atoms with Crippen LogP contribution in [0.3, 0.4) is 0 Å². The standard InChI is InChI=1S/C8H7BrNS/c1-6-2-3-8(10-5-11)7(9)4-6/h2-4H,1H3,(H,10,11). The summed E-state index contributed by atoms with van der Waals surface area (Å²) >= 11 is 7.94. The summed E-state index contributed by atoms with van der Waals surface area (Å²) in [6.45, 7) is 2.04. The van der Waals surface area contributed by atoms with Gasteiger partial charge in [0.05, 0.1) is 5.69 Å². The molecule has 1 N–H and O–H groups in total. The third kappa shape index (κ3) is 2.27. The lowest BCUT2D eigenvalue weighted by atomic mass is 10.2. The quantitative estimate of drug-likeness (QED) is 0.618. The Balaban J connectivity index is 2.98. The van der Waals surface area contributed by atoms with Gasteiger partial charge in [-0.3, -0.25) is 0 Å². The van der Waals surface area contributed by atoms with Crippen molar-refractivity contribution in [2.24, 2.45) is 0 Å². The molecule has 0 spiro atoms. The van der Waals surface area contributed by atoms with Gasteiger partial charge in [-0.25, -0.2) is 0 Å². The monoisotopic (exact) mass is 228 g/mol. The van der Waals surface area contributed by atoms with Crippen molar-refractivity contribution in [3.05, 3.63) is 28.2 Å². The zero-order chi connectivity index (χ0) is 8.27. The molecule has 1 nitrogen and oxygen atoms in total. The van der Waals surface area contributed by atoms with Crippen molar-refractivity contribution in [1.82, 2.24) is 0 Å². The summed E-state index contributed by atoms with van der Waals surface area (Å²) in [4.78, 5) is 0. The molecule has 0 aromatic heterocycles. The molecule has 0 fully saturated rings. The molecule has 0 atom stereocenters. The first-order chi connectivity index (χ1) is 5.24. The van der Waals surface area contributed by atoms with Gasteiger partial charge in [0.25, 0.3) is 0 Å². The zero-order valence-corrected chi connectivity index (χ0v) is 8.42. The number of rotatable bonds is 2. The van der Waals surface area contributed by atoms with Crippen LogP contribution in [0.15, 0.2) is 22.7 Å². The van der Waals surface area contributed by atoms with Crippen LogP contribution in [0.2, 0.25) is 0 Å². The molecular formula is C8H7BrNS. The van der Waals surface area contributed by atoms with Crippen LogP contribution in [0.25, 0.3) is 0 Å². The minimum Gasteiger partial charge on any atom is -0.343 e. The Bertz CT molecular complexity index is 273. The Kier molecular flexibility index (Phi) is 3.02. The van der Waals surface area contributed by atoms with Crippen LogP contribution in [0.5, 0.6) is 0 Å². The van der Waals surface area contributed by atoms with Crippen LogP contribution >= 0.6 is 28.1 Å². The number of halogens is 1. The van der Waals surface area contributed by atoms with Gasteiger partial charge in [-0.05, 0) is 40.5 Å². The molecule has 0 heterocycles. The lowest BCUT2D eigenvalue weighted by molar-refractivity contribution is 1.45. The Hall–Kier alpha value is -0.410. The molecule has 0 aliphatic rings. The molecule has 1 radical (unpaired) electrons.